The lowest BCUT2D eigenvalue weighted by atomic mass is 9.90. The van der Waals surface area contributed by atoms with Crippen LogP contribution in [0.15, 0.2) is 48.8 Å². The third kappa shape index (κ3) is 3.16. The van der Waals surface area contributed by atoms with Crippen LogP contribution in [0.1, 0.15) is 26.3 Å². The second kappa shape index (κ2) is 5.18. The van der Waals surface area contributed by atoms with Crippen molar-refractivity contribution in [2.24, 2.45) is 5.41 Å². The highest BCUT2D eigenvalue weighted by Crippen LogP contribution is 2.20. The predicted octanol–water partition coefficient (Wildman–Crippen LogP) is 2.78. The second-order valence-corrected chi connectivity index (χ2v) is 5.33. The van der Waals surface area contributed by atoms with Gasteiger partial charge >= 0.3 is 0 Å². The average Bonchev–Trinajstić information content (AvgIpc) is 2.89. The maximum absolute atomic E-state index is 12.2. The molecule has 1 heterocycles. The van der Waals surface area contributed by atoms with E-state index in [0.29, 0.717) is 5.70 Å². The van der Waals surface area contributed by atoms with E-state index in [-0.39, 0.29) is 5.78 Å². The number of hydrogen-bond donors (Lipinski definition) is 0. The van der Waals surface area contributed by atoms with Crippen molar-refractivity contribution in [2.75, 3.05) is 0 Å². The molecule has 0 unspecified atom stereocenters. The van der Waals surface area contributed by atoms with Gasteiger partial charge in [0.15, 0.2) is 5.78 Å². The van der Waals surface area contributed by atoms with E-state index in [1.54, 1.807) is 18.5 Å². The van der Waals surface area contributed by atoms with Gasteiger partial charge in [0.25, 0.3) is 0 Å². The van der Waals surface area contributed by atoms with Crippen molar-refractivity contribution in [1.82, 2.24) is 15.0 Å². The number of nitrogens with zero attached hydrogens (tertiary/aromatic N) is 3. The van der Waals surface area contributed by atoms with Gasteiger partial charge in [0.2, 0.25) is 0 Å². The zero-order valence-electron chi connectivity index (χ0n) is 11.4. The highest BCUT2D eigenvalue weighted by atomic mass is 16.1. The van der Waals surface area contributed by atoms with Gasteiger partial charge in [0.1, 0.15) is 0 Å². The fraction of sp³-hybridized carbons (Fsp3) is 0.267. The Labute approximate surface area is 112 Å². The van der Waals surface area contributed by atoms with Crippen LogP contribution in [0.2, 0.25) is 0 Å². The number of benzene rings is 1. The van der Waals surface area contributed by atoms with Gasteiger partial charge < -0.3 is 0 Å². The van der Waals surface area contributed by atoms with Crippen molar-refractivity contribution < 1.29 is 4.79 Å². The summed E-state index contributed by atoms with van der Waals surface area (Å²) in [5.41, 5.74) is 1.18. The van der Waals surface area contributed by atoms with E-state index in [0.717, 1.165) is 5.56 Å². The highest BCUT2D eigenvalue weighted by molar-refractivity contribution is 5.99. The molecular weight excluding hydrogens is 238 g/mol. The first-order chi connectivity index (χ1) is 8.98. The number of rotatable bonds is 3. The van der Waals surface area contributed by atoms with E-state index in [1.165, 1.54) is 4.80 Å². The summed E-state index contributed by atoms with van der Waals surface area (Å²) in [5.74, 6) is 0.0450. The minimum atomic E-state index is -0.423. The summed E-state index contributed by atoms with van der Waals surface area (Å²) >= 11 is 0. The summed E-state index contributed by atoms with van der Waals surface area (Å²) in [5, 5.41) is 8.23. The molecule has 19 heavy (non-hydrogen) atoms. The first kappa shape index (κ1) is 13.2. The minimum absolute atomic E-state index is 0.0450. The molecular formula is C15H17N3O. The number of carbonyl (C=O) groups is 1. The van der Waals surface area contributed by atoms with E-state index in [2.05, 4.69) is 10.2 Å². The van der Waals surface area contributed by atoms with Crippen LogP contribution < -0.4 is 0 Å². The molecule has 0 saturated heterocycles. The Morgan fingerprint density at radius 2 is 1.68 bits per heavy atom. The summed E-state index contributed by atoms with van der Waals surface area (Å²) in [4.78, 5) is 13.7. The van der Waals surface area contributed by atoms with Gasteiger partial charge in [-0.15, -0.1) is 0 Å². The summed E-state index contributed by atoms with van der Waals surface area (Å²) in [6, 6.07) is 9.65. The first-order valence-electron chi connectivity index (χ1n) is 6.17. The lowest BCUT2D eigenvalue weighted by Crippen LogP contribution is -2.19. The Bertz CT molecular complexity index is 578. The standard InChI is InChI=1S/C15H17N3O/c1-15(2,3)14(19)11-13(18-16-9-10-17-18)12-7-5-4-6-8-12/h4-11H,1-3H3. The molecule has 0 spiro atoms. The zero-order chi connectivity index (χ0) is 13.9. The second-order valence-electron chi connectivity index (χ2n) is 5.33. The molecule has 1 aromatic heterocycles. The van der Waals surface area contributed by atoms with Crippen molar-refractivity contribution >= 4 is 11.5 Å². The zero-order valence-corrected chi connectivity index (χ0v) is 11.4. The summed E-state index contributed by atoms with van der Waals surface area (Å²) in [6.07, 6.45) is 4.80. The van der Waals surface area contributed by atoms with E-state index in [9.17, 15) is 4.79 Å². The van der Waals surface area contributed by atoms with Crippen molar-refractivity contribution in [3.63, 3.8) is 0 Å². The highest BCUT2D eigenvalue weighted by Gasteiger charge is 2.20. The van der Waals surface area contributed by atoms with Crippen molar-refractivity contribution in [3.05, 3.63) is 54.4 Å². The Kier molecular flexibility index (Phi) is 3.60. The van der Waals surface area contributed by atoms with Gasteiger partial charge in [-0.1, -0.05) is 51.1 Å². The normalized spacial score (nSPS) is 12.5. The Morgan fingerprint density at radius 1 is 1.11 bits per heavy atom. The molecule has 2 rings (SSSR count). The van der Waals surface area contributed by atoms with Gasteiger partial charge in [-0.25, -0.2) is 0 Å². The average molecular weight is 255 g/mol. The van der Waals surface area contributed by atoms with Crippen molar-refractivity contribution in [3.8, 4) is 0 Å². The monoisotopic (exact) mass is 255 g/mol. The molecule has 4 nitrogen and oxygen atoms in total. The first-order valence-corrected chi connectivity index (χ1v) is 6.17. The number of aromatic nitrogens is 3. The summed E-state index contributed by atoms with van der Waals surface area (Å²) < 4.78 is 0. The summed E-state index contributed by atoms with van der Waals surface area (Å²) in [6.45, 7) is 5.68. The Morgan fingerprint density at radius 3 is 2.21 bits per heavy atom. The quantitative estimate of drug-likeness (QED) is 0.792. The number of hydrogen-bond acceptors (Lipinski definition) is 3. The molecule has 2 aromatic rings. The molecule has 0 radical (unpaired) electrons. The largest absolute Gasteiger partial charge is 0.294 e. The third-order valence-electron chi connectivity index (χ3n) is 2.71. The Balaban J connectivity index is 2.48. The van der Waals surface area contributed by atoms with Gasteiger partial charge in [0, 0.05) is 17.1 Å². The topological polar surface area (TPSA) is 47.8 Å². The number of carbonyl (C=O) groups excluding carboxylic acids is 1. The van der Waals surface area contributed by atoms with Crippen LogP contribution in [0, 0.1) is 5.41 Å². The van der Waals surface area contributed by atoms with Crippen LogP contribution in [0.4, 0.5) is 0 Å². The number of ketones is 1. The lowest BCUT2D eigenvalue weighted by molar-refractivity contribution is -0.121. The molecule has 1 aromatic carbocycles. The fourth-order valence-electron chi connectivity index (χ4n) is 1.55. The van der Waals surface area contributed by atoms with Crippen LogP contribution in [-0.4, -0.2) is 20.8 Å². The molecule has 0 N–H and O–H groups in total. The van der Waals surface area contributed by atoms with Gasteiger partial charge in [-0.2, -0.15) is 15.0 Å². The van der Waals surface area contributed by atoms with E-state index in [4.69, 9.17) is 0 Å². The fourth-order valence-corrected chi connectivity index (χ4v) is 1.55. The molecule has 0 saturated carbocycles. The van der Waals surface area contributed by atoms with Crippen LogP contribution >= 0.6 is 0 Å². The number of allylic oxidation sites excluding steroid dienone is 1. The van der Waals surface area contributed by atoms with E-state index in [1.807, 2.05) is 51.1 Å². The Hall–Kier alpha value is -2.23. The molecule has 0 fully saturated rings. The third-order valence-corrected chi connectivity index (χ3v) is 2.71. The van der Waals surface area contributed by atoms with Crippen LogP contribution in [0.5, 0.6) is 0 Å². The maximum atomic E-state index is 12.2. The molecule has 4 heteroatoms. The van der Waals surface area contributed by atoms with Gasteiger partial charge in [-0.05, 0) is 0 Å². The summed E-state index contributed by atoms with van der Waals surface area (Å²) in [7, 11) is 0. The van der Waals surface area contributed by atoms with Crippen molar-refractivity contribution in [2.45, 2.75) is 20.8 Å². The maximum Gasteiger partial charge on any atom is 0.163 e. The molecule has 0 atom stereocenters. The van der Waals surface area contributed by atoms with Crippen LogP contribution in [0.3, 0.4) is 0 Å². The van der Waals surface area contributed by atoms with Gasteiger partial charge in [0.05, 0.1) is 18.1 Å². The molecule has 98 valence electrons. The van der Waals surface area contributed by atoms with Crippen molar-refractivity contribution in [1.29, 1.82) is 0 Å². The van der Waals surface area contributed by atoms with Gasteiger partial charge in [-0.3, -0.25) is 4.79 Å². The smallest absolute Gasteiger partial charge is 0.163 e. The molecule has 0 aliphatic carbocycles. The van der Waals surface area contributed by atoms with E-state index < -0.39 is 5.41 Å². The molecule has 0 bridgehead atoms. The molecule has 0 aliphatic rings. The lowest BCUT2D eigenvalue weighted by Gasteiger charge is -2.15. The van der Waals surface area contributed by atoms with Crippen LogP contribution in [-0.2, 0) is 4.79 Å². The minimum Gasteiger partial charge on any atom is -0.294 e. The molecule has 0 aliphatic heterocycles. The van der Waals surface area contributed by atoms with Crippen LogP contribution in [0.25, 0.3) is 5.70 Å². The SMILES string of the molecule is CC(C)(C)C(=O)C=C(c1ccccc1)n1nccn1. The molecule has 0 amide bonds. The predicted molar refractivity (Wildman–Crippen MR) is 74.3 cm³/mol. The van der Waals surface area contributed by atoms with E-state index >= 15 is 0 Å².